The number of phenols is 1. The summed E-state index contributed by atoms with van der Waals surface area (Å²) in [5.74, 6) is 1.11. The largest absolute Gasteiger partial charge is 0.508 e. The Morgan fingerprint density at radius 3 is 2.72 bits per heavy atom. The Bertz CT molecular complexity index is 413. The highest BCUT2D eigenvalue weighted by atomic mass is 16.5. The summed E-state index contributed by atoms with van der Waals surface area (Å²) < 4.78 is 5.20. The van der Waals surface area contributed by atoms with E-state index in [1.807, 2.05) is 6.07 Å². The van der Waals surface area contributed by atoms with Gasteiger partial charge in [-0.25, -0.2) is 0 Å². The van der Waals surface area contributed by atoms with Gasteiger partial charge in [0.25, 0.3) is 0 Å². The van der Waals surface area contributed by atoms with E-state index in [2.05, 4.69) is 19.2 Å². The maximum Gasteiger partial charge on any atom is 0.120 e. The van der Waals surface area contributed by atoms with Crippen LogP contribution in [0.2, 0.25) is 0 Å². The molecule has 1 aliphatic rings. The maximum atomic E-state index is 9.91. The Labute approximate surface area is 109 Å². The zero-order valence-electron chi connectivity index (χ0n) is 11.5. The second-order valence-electron chi connectivity index (χ2n) is 5.69. The number of rotatable bonds is 5. The highest BCUT2D eigenvalue weighted by molar-refractivity contribution is 5.41. The zero-order chi connectivity index (χ0) is 13.2. The van der Waals surface area contributed by atoms with Gasteiger partial charge in [0, 0.05) is 18.2 Å². The third-order valence-corrected chi connectivity index (χ3v) is 4.10. The molecule has 100 valence electrons. The molecule has 1 unspecified atom stereocenters. The zero-order valence-corrected chi connectivity index (χ0v) is 11.5. The van der Waals surface area contributed by atoms with E-state index < -0.39 is 0 Å². The number of phenolic OH excluding ortho intramolecular Hbond substituents is 1. The molecule has 18 heavy (non-hydrogen) atoms. The third kappa shape index (κ3) is 2.78. The molecule has 2 rings (SSSR count). The highest BCUT2D eigenvalue weighted by Crippen LogP contribution is 2.40. The van der Waals surface area contributed by atoms with Gasteiger partial charge in [-0.2, -0.15) is 0 Å². The molecule has 3 nitrogen and oxygen atoms in total. The van der Waals surface area contributed by atoms with E-state index in [9.17, 15) is 5.11 Å². The van der Waals surface area contributed by atoms with Crippen LogP contribution in [0.15, 0.2) is 18.2 Å². The van der Waals surface area contributed by atoms with Gasteiger partial charge in [-0.3, -0.25) is 0 Å². The molecule has 0 bridgehead atoms. The van der Waals surface area contributed by atoms with Crippen LogP contribution in [0, 0.1) is 5.41 Å². The van der Waals surface area contributed by atoms with Crippen molar-refractivity contribution in [2.75, 3.05) is 13.7 Å². The van der Waals surface area contributed by atoms with Crippen LogP contribution < -0.4 is 10.1 Å². The number of aromatic hydroxyl groups is 1. The van der Waals surface area contributed by atoms with Crippen LogP contribution in [-0.4, -0.2) is 18.8 Å². The van der Waals surface area contributed by atoms with Crippen molar-refractivity contribution < 1.29 is 9.84 Å². The van der Waals surface area contributed by atoms with E-state index in [-0.39, 0.29) is 6.04 Å². The van der Waals surface area contributed by atoms with Crippen LogP contribution in [-0.2, 0) is 0 Å². The van der Waals surface area contributed by atoms with E-state index in [1.54, 1.807) is 19.2 Å². The number of hydrogen-bond donors (Lipinski definition) is 2. The van der Waals surface area contributed by atoms with E-state index in [0.717, 1.165) is 17.9 Å². The lowest BCUT2D eigenvalue weighted by Crippen LogP contribution is -2.38. The molecular formula is C15H23NO2. The van der Waals surface area contributed by atoms with Gasteiger partial charge in [0.2, 0.25) is 0 Å². The van der Waals surface area contributed by atoms with Gasteiger partial charge in [0.15, 0.2) is 0 Å². The lowest BCUT2D eigenvalue weighted by Gasteiger charge is -2.39. The van der Waals surface area contributed by atoms with Gasteiger partial charge in [-0.15, -0.1) is 0 Å². The average molecular weight is 249 g/mol. The fourth-order valence-electron chi connectivity index (χ4n) is 2.47. The van der Waals surface area contributed by atoms with Crippen molar-refractivity contribution in [2.24, 2.45) is 5.41 Å². The van der Waals surface area contributed by atoms with Gasteiger partial charge in [-0.1, -0.05) is 13.3 Å². The molecule has 0 aliphatic heterocycles. The lowest BCUT2D eigenvalue weighted by atomic mass is 9.70. The minimum atomic E-state index is 0.137. The summed E-state index contributed by atoms with van der Waals surface area (Å²) in [6, 6.07) is 5.50. The van der Waals surface area contributed by atoms with Crippen molar-refractivity contribution in [1.82, 2.24) is 5.32 Å². The Kier molecular flexibility index (Phi) is 3.81. The SMILES string of the molecule is COc1ccc(O)c(C(C)NCC2(C)CCC2)c1. The van der Waals surface area contributed by atoms with Gasteiger partial charge >= 0.3 is 0 Å². The van der Waals surface area contributed by atoms with E-state index in [0.29, 0.717) is 11.2 Å². The van der Waals surface area contributed by atoms with Crippen LogP contribution >= 0.6 is 0 Å². The molecule has 1 atom stereocenters. The molecule has 0 amide bonds. The first-order valence-corrected chi connectivity index (χ1v) is 6.64. The van der Waals surface area contributed by atoms with E-state index in [1.165, 1.54) is 19.3 Å². The van der Waals surface area contributed by atoms with Gasteiger partial charge in [0.05, 0.1) is 7.11 Å². The monoisotopic (exact) mass is 249 g/mol. The number of benzene rings is 1. The molecule has 2 N–H and O–H groups in total. The molecule has 0 heterocycles. The summed E-state index contributed by atoms with van der Waals surface area (Å²) in [6.45, 7) is 5.41. The molecule has 3 heteroatoms. The van der Waals surface area contributed by atoms with Crippen LogP contribution in [0.25, 0.3) is 0 Å². The highest BCUT2D eigenvalue weighted by Gasteiger charge is 2.31. The van der Waals surface area contributed by atoms with Gasteiger partial charge in [-0.05, 0) is 43.4 Å². The van der Waals surface area contributed by atoms with Crippen LogP contribution in [0.3, 0.4) is 0 Å². The maximum absolute atomic E-state index is 9.91. The number of hydrogen-bond acceptors (Lipinski definition) is 3. The van der Waals surface area contributed by atoms with Gasteiger partial charge in [0.1, 0.15) is 11.5 Å². The summed E-state index contributed by atoms with van der Waals surface area (Å²) in [4.78, 5) is 0. The summed E-state index contributed by atoms with van der Waals surface area (Å²) >= 11 is 0. The van der Waals surface area contributed by atoms with Crippen LogP contribution in [0.4, 0.5) is 0 Å². The Balaban J connectivity index is 2.01. The van der Waals surface area contributed by atoms with Crippen LogP contribution in [0.5, 0.6) is 11.5 Å². The molecular weight excluding hydrogens is 226 g/mol. The first kappa shape index (κ1) is 13.2. The fraction of sp³-hybridized carbons (Fsp3) is 0.600. The Morgan fingerprint density at radius 2 is 2.17 bits per heavy atom. The standard InChI is InChI=1S/C15H23NO2/c1-11(16-10-15(2)7-4-8-15)13-9-12(18-3)5-6-14(13)17/h5-6,9,11,16-17H,4,7-8,10H2,1-3H3. The first-order valence-electron chi connectivity index (χ1n) is 6.64. The Morgan fingerprint density at radius 1 is 1.44 bits per heavy atom. The van der Waals surface area contributed by atoms with Crippen molar-refractivity contribution >= 4 is 0 Å². The molecule has 0 aromatic heterocycles. The van der Waals surface area contributed by atoms with Gasteiger partial charge < -0.3 is 15.2 Å². The van der Waals surface area contributed by atoms with E-state index >= 15 is 0 Å². The summed E-state index contributed by atoms with van der Waals surface area (Å²) in [5, 5.41) is 13.4. The normalized spacial score (nSPS) is 19.1. The molecule has 1 fully saturated rings. The average Bonchev–Trinajstić information content (AvgIpc) is 2.34. The predicted octanol–water partition coefficient (Wildman–Crippen LogP) is 3.24. The molecule has 1 aromatic carbocycles. The molecule has 0 saturated heterocycles. The summed E-state index contributed by atoms with van der Waals surface area (Å²) in [7, 11) is 1.64. The van der Waals surface area contributed by atoms with Crippen molar-refractivity contribution in [1.29, 1.82) is 0 Å². The lowest BCUT2D eigenvalue weighted by molar-refractivity contribution is 0.151. The number of ether oxygens (including phenoxy) is 1. The molecule has 0 spiro atoms. The second-order valence-corrected chi connectivity index (χ2v) is 5.69. The quantitative estimate of drug-likeness (QED) is 0.841. The van der Waals surface area contributed by atoms with Crippen molar-refractivity contribution in [2.45, 2.75) is 39.2 Å². The summed E-state index contributed by atoms with van der Waals surface area (Å²) in [5.41, 5.74) is 1.35. The van der Waals surface area contributed by atoms with Crippen molar-refractivity contribution in [3.05, 3.63) is 23.8 Å². The van der Waals surface area contributed by atoms with Crippen molar-refractivity contribution in [3.8, 4) is 11.5 Å². The molecule has 1 saturated carbocycles. The fourth-order valence-corrected chi connectivity index (χ4v) is 2.47. The minimum Gasteiger partial charge on any atom is -0.508 e. The summed E-state index contributed by atoms with van der Waals surface area (Å²) in [6.07, 6.45) is 3.95. The topological polar surface area (TPSA) is 41.5 Å². The Hall–Kier alpha value is -1.22. The first-order chi connectivity index (χ1) is 8.54. The number of nitrogens with one attached hydrogen (secondary N) is 1. The van der Waals surface area contributed by atoms with Crippen molar-refractivity contribution in [3.63, 3.8) is 0 Å². The molecule has 1 aromatic rings. The molecule has 1 aliphatic carbocycles. The number of methoxy groups -OCH3 is 1. The third-order valence-electron chi connectivity index (χ3n) is 4.10. The van der Waals surface area contributed by atoms with E-state index in [4.69, 9.17) is 4.74 Å². The predicted molar refractivity (Wildman–Crippen MR) is 73.0 cm³/mol. The minimum absolute atomic E-state index is 0.137. The molecule has 0 radical (unpaired) electrons. The second kappa shape index (κ2) is 5.19. The smallest absolute Gasteiger partial charge is 0.120 e. The van der Waals surface area contributed by atoms with Crippen LogP contribution in [0.1, 0.15) is 44.7 Å².